The highest BCUT2D eigenvalue weighted by Gasteiger charge is 2.36. The van der Waals surface area contributed by atoms with Crippen molar-refractivity contribution in [1.29, 1.82) is 0 Å². The van der Waals surface area contributed by atoms with Crippen molar-refractivity contribution in [2.45, 2.75) is 6.18 Å². The number of benzene rings is 6. The molecule has 0 unspecified atom stereocenters. The number of nitrogens with two attached hydrogens (primary N) is 2. The summed E-state index contributed by atoms with van der Waals surface area (Å²) in [7, 11) is 0. The van der Waals surface area contributed by atoms with Gasteiger partial charge in [0.25, 0.3) is 0 Å². The van der Waals surface area contributed by atoms with E-state index in [1.54, 1.807) is 12.1 Å². The van der Waals surface area contributed by atoms with Crippen LogP contribution >= 0.6 is 0 Å². The highest BCUT2D eigenvalue weighted by molar-refractivity contribution is 6.11. The molecule has 156 valence electrons. The summed E-state index contributed by atoms with van der Waals surface area (Å²) in [5.41, 5.74) is 10.2. The lowest BCUT2D eigenvalue weighted by atomic mass is 9.94. The van der Waals surface area contributed by atoms with Crippen LogP contribution in [0.3, 0.4) is 0 Å². The minimum absolute atomic E-state index is 0.0582. The van der Waals surface area contributed by atoms with Gasteiger partial charge in [-0.25, -0.2) is 0 Å². The molecule has 0 atom stereocenters. The summed E-state index contributed by atoms with van der Waals surface area (Å²) in [5, 5.41) is 8.56. The molecule has 0 aliphatic rings. The first-order valence-corrected chi connectivity index (χ1v) is 10.2. The number of fused-ring (bicyclic) bond motifs is 5. The van der Waals surface area contributed by atoms with Crippen molar-refractivity contribution < 1.29 is 13.2 Å². The molecule has 0 bridgehead atoms. The number of hydrogen-bond acceptors (Lipinski definition) is 2. The molecule has 4 N–H and O–H groups in total. The Morgan fingerprint density at radius 2 is 0.906 bits per heavy atom. The van der Waals surface area contributed by atoms with Gasteiger partial charge >= 0.3 is 6.18 Å². The Kier molecular flexibility index (Phi) is 3.67. The topological polar surface area (TPSA) is 52.0 Å². The normalized spacial score (nSPS) is 12.5. The Labute approximate surface area is 180 Å². The van der Waals surface area contributed by atoms with Crippen LogP contribution in [-0.2, 0) is 6.18 Å². The molecule has 0 fully saturated rings. The molecule has 6 rings (SSSR count). The number of rotatable bonds is 0. The second-order valence-electron chi connectivity index (χ2n) is 8.27. The smallest absolute Gasteiger partial charge is 0.397 e. The summed E-state index contributed by atoms with van der Waals surface area (Å²) in [6.45, 7) is 0. The lowest BCUT2D eigenvalue weighted by Crippen LogP contribution is -2.11. The van der Waals surface area contributed by atoms with E-state index < -0.39 is 17.4 Å². The van der Waals surface area contributed by atoms with Gasteiger partial charge in [0.2, 0.25) is 0 Å². The minimum Gasteiger partial charge on any atom is -0.397 e. The van der Waals surface area contributed by atoms with E-state index in [1.807, 2.05) is 24.3 Å². The van der Waals surface area contributed by atoms with E-state index in [2.05, 4.69) is 36.4 Å². The first-order valence-electron chi connectivity index (χ1n) is 10.2. The molecule has 0 saturated carbocycles. The first kappa shape index (κ1) is 18.8. The van der Waals surface area contributed by atoms with E-state index in [4.69, 9.17) is 11.5 Å². The highest BCUT2D eigenvalue weighted by Crippen LogP contribution is 2.43. The fourth-order valence-corrected chi connectivity index (χ4v) is 4.69. The van der Waals surface area contributed by atoms with Gasteiger partial charge in [0.1, 0.15) is 0 Å². The molecule has 0 amide bonds. The predicted molar refractivity (Wildman–Crippen MR) is 128 cm³/mol. The summed E-state index contributed by atoms with van der Waals surface area (Å²) >= 11 is 0. The maximum Gasteiger partial charge on any atom is 0.419 e. The maximum absolute atomic E-state index is 13.8. The van der Waals surface area contributed by atoms with Gasteiger partial charge in [-0.15, -0.1) is 0 Å². The Hall–Kier alpha value is -3.99. The standard InChI is InChI=1S/C27H17F3N2/c28-27(29,30)25-23-12-21-10-19-8-17-6-15-4-2-1-3-14(15)5-16(17)7-18(19)9-20(21)11-22(23)13-24(31)26(25)32/h1-13H,31-32H2. The van der Waals surface area contributed by atoms with Gasteiger partial charge in [0.05, 0.1) is 16.9 Å². The van der Waals surface area contributed by atoms with Crippen molar-refractivity contribution in [2.75, 3.05) is 11.5 Å². The molecule has 0 aliphatic heterocycles. The van der Waals surface area contributed by atoms with Gasteiger partial charge in [-0.1, -0.05) is 24.3 Å². The molecule has 6 aromatic carbocycles. The van der Waals surface area contributed by atoms with Gasteiger partial charge in [-0.3, -0.25) is 0 Å². The van der Waals surface area contributed by atoms with Crippen LogP contribution in [0.25, 0.3) is 53.9 Å². The molecule has 0 spiro atoms. The molecule has 2 nitrogen and oxygen atoms in total. The van der Waals surface area contributed by atoms with Crippen LogP contribution in [0.1, 0.15) is 5.56 Å². The second kappa shape index (κ2) is 6.26. The summed E-state index contributed by atoms with van der Waals surface area (Å²) in [6.07, 6.45) is -4.60. The minimum atomic E-state index is -4.60. The SMILES string of the molecule is Nc1cc2cc3cc4cc5cc6ccccc6cc5cc4cc3cc2c(C(F)(F)F)c1N. The van der Waals surface area contributed by atoms with E-state index in [0.717, 1.165) is 37.7 Å². The second-order valence-corrected chi connectivity index (χ2v) is 8.27. The van der Waals surface area contributed by atoms with E-state index >= 15 is 0 Å². The third-order valence-corrected chi connectivity index (χ3v) is 6.23. The van der Waals surface area contributed by atoms with Crippen molar-refractivity contribution in [3.05, 3.63) is 84.4 Å². The van der Waals surface area contributed by atoms with Crippen molar-refractivity contribution >= 4 is 65.2 Å². The molecule has 0 aromatic heterocycles. The fourth-order valence-electron chi connectivity index (χ4n) is 4.69. The zero-order chi connectivity index (χ0) is 22.2. The summed E-state index contributed by atoms with van der Waals surface area (Å²) in [6, 6.07) is 25.5. The summed E-state index contributed by atoms with van der Waals surface area (Å²) in [4.78, 5) is 0. The van der Waals surface area contributed by atoms with E-state index in [1.165, 1.54) is 11.5 Å². The van der Waals surface area contributed by atoms with Crippen LogP contribution in [0.4, 0.5) is 24.5 Å². The molecule has 32 heavy (non-hydrogen) atoms. The maximum atomic E-state index is 13.8. The number of alkyl halides is 3. The van der Waals surface area contributed by atoms with E-state index in [9.17, 15) is 13.2 Å². The molecular weight excluding hydrogens is 409 g/mol. The number of halogens is 3. The van der Waals surface area contributed by atoms with Crippen LogP contribution in [0.5, 0.6) is 0 Å². The average molecular weight is 426 g/mol. The summed E-state index contributed by atoms with van der Waals surface area (Å²) < 4.78 is 41.3. The molecule has 0 aliphatic carbocycles. The molecule has 0 heterocycles. The van der Waals surface area contributed by atoms with Gasteiger partial charge in [0, 0.05) is 0 Å². The largest absolute Gasteiger partial charge is 0.419 e. The number of hydrogen-bond donors (Lipinski definition) is 2. The van der Waals surface area contributed by atoms with E-state index in [0.29, 0.717) is 5.39 Å². The Balaban J connectivity index is 1.69. The monoisotopic (exact) mass is 426 g/mol. The van der Waals surface area contributed by atoms with Crippen molar-refractivity contribution in [2.24, 2.45) is 0 Å². The van der Waals surface area contributed by atoms with Gasteiger partial charge < -0.3 is 11.5 Å². The van der Waals surface area contributed by atoms with Crippen LogP contribution in [-0.4, -0.2) is 0 Å². The van der Waals surface area contributed by atoms with Gasteiger partial charge in [-0.05, 0) is 108 Å². The number of anilines is 2. The lowest BCUT2D eigenvalue weighted by Gasteiger charge is -2.16. The Bertz CT molecular complexity index is 1730. The fraction of sp³-hybridized carbons (Fsp3) is 0.0370. The average Bonchev–Trinajstić information content (AvgIpc) is 2.73. The molecular formula is C27H17F3N2. The third-order valence-electron chi connectivity index (χ3n) is 6.23. The van der Waals surface area contributed by atoms with Crippen molar-refractivity contribution in [3.8, 4) is 0 Å². The van der Waals surface area contributed by atoms with Crippen LogP contribution in [0.15, 0.2) is 78.9 Å². The van der Waals surface area contributed by atoms with Crippen molar-refractivity contribution in [1.82, 2.24) is 0 Å². The van der Waals surface area contributed by atoms with E-state index in [-0.39, 0.29) is 11.1 Å². The summed E-state index contributed by atoms with van der Waals surface area (Å²) in [5.74, 6) is 0. The quantitative estimate of drug-likeness (QED) is 0.194. The number of nitrogen functional groups attached to an aromatic ring is 2. The predicted octanol–water partition coefficient (Wildman–Crippen LogP) is 7.64. The zero-order valence-corrected chi connectivity index (χ0v) is 16.8. The lowest BCUT2D eigenvalue weighted by molar-refractivity contribution is -0.135. The van der Waals surface area contributed by atoms with Crippen molar-refractivity contribution in [3.63, 3.8) is 0 Å². The van der Waals surface area contributed by atoms with Crippen LogP contribution in [0, 0.1) is 0 Å². The van der Waals surface area contributed by atoms with Crippen LogP contribution < -0.4 is 11.5 Å². The third kappa shape index (κ3) is 2.74. The molecule has 5 heteroatoms. The Morgan fingerprint density at radius 3 is 1.38 bits per heavy atom. The molecule has 0 radical (unpaired) electrons. The molecule has 0 saturated heterocycles. The first-order chi connectivity index (χ1) is 15.3. The van der Waals surface area contributed by atoms with Crippen LogP contribution in [0.2, 0.25) is 0 Å². The zero-order valence-electron chi connectivity index (χ0n) is 16.8. The Morgan fingerprint density at radius 1 is 0.500 bits per heavy atom. The molecule has 6 aromatic rings. The van der Waals surface area contributed by atoms with Gasteiger partial charge in [0.15, 0.2) is 0 Å². The highest BCUT2D eigenvalue weighted by atomic mass is 19.4. The van der Waals surface area contributed by atoms with Gasteiger partial charge in [-0.2, -0.15) is 13.2 Å².